The molecule has 5 rings (SSSR count). The minimum Gasteiger partial charge on any atom is -0.363 e. The van der Waals surface area contributed by atoms with Gasteiger partial charge >= 0.3 is 0 Å². The van der Waals surface area contributed by atoms with E-state index in [0.717, 1.165) is 16.6 Å². The fraction of sp³-hybridized carbons (Fsp3) is 0.280. The summed E-state index contributed by atoms with van der Waals surface area (Å²) < 4.78 is 16.0. The lowest BCUT2D eigenvalue weighted by Gasteiger charge is -2.46. The molecule has 166 valence electrons. The fourth-order valence-electron chi connectivity index (χ4n) is 4.75. The van der Waals surface area contributed by atoms with Gasteiger partial charge in [0, 0.05) is 49.9 Å². The smallest absolute Gasteiger partial charge is 0.252 e. The predicted molar refractivity (Wildman–Crippen MR) is 127 cm³/mol. The van der Waals surface area contributed by atoms with Crippen LogP contribution in [0.1, 0.15) is 19.5 Å². The summed E-state index contributed by atoms with van der Waals surface area (Å²) in [6, 6.07) is 13.8. The van der Waals surface area contributed by atoms with Crippen molar-refractivity contribution in [1.82, 2.24) is 14.5 Å². The van der Waals surface area contributed by atoms with E-state index < -0.39 is 0 Å². The Labute approximate surface area is 190 Å². The van der Waals surface area contributed by atoms with E-state index in [0.29, 0.717) is 35.5 Å². The van der Waals surface area contributed by atoms with Gasteiger partial charge in [-0.05, 0) is 44.2 Å². The predicted octanol–water partition coefficient (Wildman–Crippen LogP) is 3.60. The molecule has 2 atom stereocenters. The van der Waals surface area contributed by atoms with Gasteiger partial charge in [0.1, 0.15) is 23.1 Å². The Morgan fingerprint density at radius 3 is 2.42 bits per heavy atom. The molecule has 1 fully saturated rings. The Bertz CT molecular complexity index is 1490. The highest BCUT2D eigenvalue weighted by molar-refractivity contribution is 5.92. The van der Waals surface area contributed by atoms with Crippen LogP contribution in [0.25, 0.3) is 21.9 Å². The zero-order valence-corrected chi connectivity index (χ0v) is 18.7. The van der Waals surface area contributed by atoms with Gasteiger partial charge in [0.25, 0.3) is 5.56 Å². The standard InChI is InChI=1S/C25H23FN6O/c1-15-14-32(22-11-23(33)30(3)20-7-6-19(12-27)29-25(20)22)16(2)13-31(15)21-10-18(26)9-17-5-4-8-28-24(17)21/h4-11,15-16H,13-14H2,1-3H3/t15-,16-/m0/s1. The molecule has 0 bridgehead atoms. The molecule has 0 saturated carbocycles. The molecule has 0 aliphatic carbocycles. The van der Waals surface area contributed by atoms with Gasteiger partial charge in [-0.3, -0.25) is 9.78 Å². The van der Waals surface area contributed by atoms with Crippen molar-refractivity contribution >= 4 is 33.3 Å². The first-order valence-electron chi connectivity index (χ1n) is 10.9. The highest BCUT2D eigenvalue weighted by Crippen LogP contribution is 2.33. The van der Waals surface area contributed by atoms with Crippen LogP contribution in [0.3, 0.4) is 0 Å². The van der Waals surface area contributed by atoms with Crippen molar-refractivity contribution < 1.29 is 4.39 Å². The summed E-state index contributed by atoms with van der Waals surface area (Å²) in [5, 5.41) is 10.1. The van der Waals surface area contributed by atoms with Crippen molar-refractivity contribution in [3.63, 3.8) is 0 Å². The number of nitrogens with zero attached hydrogens (tertiary/aromatic N) is 6. The molecule has 33 heavy (non-hydrogen) atoms. The lowest BCUT2D eigenvalue weighted by molar-refractivity contribution is 0.481. The molecule has 4 aromatic rings. The maximum Gasteiger partial charge on any atom is 0.252 e. The summed E-state index contributed by atoms with van der Waals surface area (Å²) in [5.41, 5.74) is 3.73. The Balaban J connectivity index is 1.58. The molecule has 4 heterocycles. The molecular formula is C25H23FN6O. The molecule has 1 aromatic carbocycles. The molecular weight excluding hydrogens is 419 g/mol. The van der Waals surface area contributed by atoms with Gasteiger partial charge in [-0.25, -0.2) is 9.37 Å². The van der Waals surface area contributed by atoms with E-state index in [9.17, 15) is 14.4 Å². The molecule has 3 aromatic heterocycles. The Morgan fingerprint density at radius 1 is 1.03 bits per heavy atom. The number of hydrogen-bond donors (Lipinski definition) is 0. The fourth-order valence-corrected chi connectivity index (χ4v) is 4.75. The van der Waals surface area contributed by atoms with Gasteiger partial charge in [0.05, 0.1) is 22.4 Å². The first-order valence-corrected chi connectivity index (χ1v) is 10.9. The first kappa shape index (κ1) is 20.9. The Morgan fingerprint density at radius 2 is 1.73 bits per heavy atom. The van der Waals surface area contributed by atoms with Crippen molar-refractivity contribution in [2.45, 2.75) is 25.9 Å². The summed E-state index contributed by atoms with van der Waals surface area (Å²) in [4.78, 5) is 26.1. The van der Waals surface area contributed by atoms with E-state index in [1.807, 2.05) is 6.07 Å². The normalized spacial score (nSPS) is 18.6. The third-order valence-corrected chi connectivity index (χ3v) is 6.44. The highest BCUT2D eigenvalue weighted by atomic mass is 19.1. The summed E-state index contributed by atoms with van der Waals surface area (Å²) in [7, 11) is 1.70. The minimum absolute atomic E-state index is 0.00563. The maximum atomic E-state index is 14.4. The number of hydrogen-bond acceptors (Lipinski definition) is 6. The van der Waals surface area contributed by atoms with Crippen LogP contribution in [-0.2, 0) is 7.05 Å². The van der Waals surface area contributed by atoms with E-state index in [4.69, 9.17) is 0 Å². The second-order valence-corrected chi connectivity index (χ2v) is 8.61. The van der Waals surface area contributed by atoms with E-state index >= 15 is 0 Å². The molecule has 8 heteroatoms. The van der Waals surface area contributed by atoms with Crippen LogP contribution in [0.15, 0.2) is 53.5 Å². The Kier molecular flexibility index (Phi) is 4.97. The summed E-state index contributed by atoms with van der Waals surface area (Å²) in [6.45, 7) is 5.37. The average Bonchev–Trinajstić information content (AvgIpc) is 2.81. The SMILES string of the molecule is C[C@H]1CN(c2cc(=O)n(C)c3ccc(C#N)nc23)[C@@H](C)CN1c1cc(F)cc2cccnc12. The molecule has 0 spiro atoms. The maximum absolute atomic E-state index is 14.4. The molecule has 1 saturated heterocycles. The van der Waals surface area contributed by atoms with Crippen molar-refractivity contribution in [3.05, 3.63) is 70.5 Å². The number of anilines is 2. The minimum atomic E-state index is -0.293. The molecule has 7 nitrogen and oxygen atoms in total. The number of aryl methyl sites for hydroxylation is 1. The van der Waals surface area contributed by atoms with Crippen LogP contribution in [0.4, 0.5) is 15.8 Å². The Hall–Kier alpha value is -3.99. The summed E-state index contributed by atoms with van der Waals surface area (Å²) >= 11 is 0. The number of rotatable bonds is 2. The lowest BCUT2D eigenvalue weighted by Crippen LogP contribution is -2.57. The van der Waals surface area contributed by atoms with Crippen LogP contribution < -0.4 is 15.4 Å². The van der Waals surface area contributed by atoms with Gasteiger partial charge in [-0.15, -0.1) is 0 Å². The quantitative estimate of drug-likeness (QED) is 0.472. The topological polar surface area (TPSA) is 78.0 Å². The van der Waals surface area contributed by atoms with Crippen molar-refractivity contribution in [3.8, 4) is 6.07 Å². The number of nitriles is 1. The van der Waals surface area contributed by atoms with Crippen LogP contribution >= 0.6 is 0 Å². The van der Waals surface area contributed by atoms with Gasteiger partial charge in [0.15, 0.2) is 0 Å². The van der Waals surface area contributed by atoms with Gasteiger partial charge in [-0.1, -0.05) is 6.07 Å². The molecule has 0 radical (unpaired) electrons. The number of fused-ring (bicyclic) bond motifs is 2. The largest absolute Gasteiger partial charge is 0.363 e. The van der Waals surface area contributed by atoms with Crippen LogP contribution in [0, 0.1) is 17.1 Å². The third kappa shape index (κ3) is 3.46. The molecule has 0 N–H and O–H groups in total. The number of halogens is 1. The highest BCUT2D eigenvalue weighted by Gasteiger charge is 2.32. The molecule has 1 aliphatic heterocycles. The number of benzene rings is 1. The van der Waals surface area contributed by atoms with Crippen LogP contribution in [0.5, 0.6) is 0 Å². The summed E-state index contributed by atoms with van der Waals surface area (Å²) in [5.74, 6) is -0.293. The molecule has 0 unspecified atom stereocenters. The van der Waals surface area contributed by atoms with Crippen molar-refractivity contribution in [2.75, 3.05) is 22.9 Å². The van der Waals surface area contributed by atoms with E-state index in [-0.39, 0.29) is 23.5 Å². The van der Waals surface area contributed by atoms with Gasteiger partial charge in [0.2, 0.25) is 0 Å². The van der Waals surface area contributed by atoms with Gasteiger partial charge in [-0.2, -0.15) is 5.26 Å². The van der Waals surface area contributed by atoms with Crippen LogP contribution in [0.2, 0.25) is 0 Å². The zero-order valence-electron chi connectivity index (χ0n) is 18.7. The van der Waals surface area contributed by atoms with E-state index in [1.54, 1.807) is 48.1 Å². The zero-order chi connectivity index (χ0) is 23.3. The van der Waals surface area contributed by atoms with Crippen LogP contribution in [-0.4, -0.2) is 39.7 Å². The molecule has 1 aliphatic rings. The number of pyridine rings is 3. The molecule has 0 amide bonds. The summed E-state index contributed by atoms with van der Waals surface area (Å²) in [6.07, 6.45) is 1.72. The monoisotopic (exact) mass is 442 g/mol. The van der Waals surface area contributed by atoms with Crippen molar-refractivity contribution in [2.24, 2.45) is 7.05 Å². The van der Waals surface area contributed by atoms with Gasteiger partial charge < -0.3 is 14.4 Å². The number of aromatic nitrogens is 3. The first-order chi connectivity index (χ1) is 15.9. The second kappa shape index (κ2) is 7.85. The van der Waals surface area contributed by atoms with Crippen molar-refractivity contribution in [1.29, 1.82) is 5.26 Å². The van der Waals surface area contributed by atoms with E-state index in [2.05, 4.69) is 39.7 Å². The van der Waals surface area contributed by atoms with E-state index in [1.165, 1.54) is 6.07 Å². The number of piperazine rings is 1. The second-order valence-electron chi connectivity index (χ2n) is 8.61. The lowest BCUT2D eigenvalue weighted by atomic mass is 10.0. The average molecular weight is 442 g/mol. The third-order valence-electron chi connectivity index (χ3n) is 6.44.